The average molecular weight is 269 g/mol. The molecule has 0 spiro atoms. The largest absolute Gasteiger partial charge is 0.347 e. The van der Waals surface area contributed by atoms with Crippen LogP contribution in [0, 0.1) is 13.8 Å². The number of carbonyl (C=O) groups is 1. The third kappa shape index (κ3) is 3.42. The Morgan fingerprint density at radius 1 is 1.25 bits per heavy atom. The number of aromatic nitrogens is 1. The molecule has 1 amide bonds. The highest BCUT2D eigenvalue weighted by Crippen LogP contribution is 2.10. The molecule has 4 heteroatoms. The van der Waals surface area contributed by atoms with E-state index < -0.39 is 0 Å². The number of pyridine rings is 1. The zero-order chi connectivity index (χ0) is 14.5. The highest BCUT2D eigenvalue weighted by molar-refractivity contribution is 5.92. The van der Waals surface area contributed by atoms with Crippen LogP contribution in [0.3, 0.4) is 0 Å². The van der Waals surface area contributed by atoms with Crippen molar-refractivity contribution in [3.63, 3.8) is 0 Å². The molecule has 1 aromatic heterocycles. The summed E-state index contributed by atoms with van der Waals surface area (Å²) in [5.74, 6) is -0.173. The first-order valence-corrected chi connectivity index (χ1v) is 6.59. The minimum atomic E-state index is -0.173. The van der Waals surface area contributed by atoms with Gasteiger partial charge in [0.1, 0.15) is 5.69 Å². The second-order valence-electron chi connectivity index (χ2n) is 4.87. The molecule has 0 atom stereocenters. The van der Waals surface area contributed by atoms with Crippen LogP contribution in [0.5, 0.6) is 0 Å². The number of nitrogens with one attached hydrogen (secondary N) is 1. The summed E-state index contributed by atoms with van der Waals surface area (Å²) in [5.41, 5.74) is 10.3. The van der Waals surface area contributed by atoms with Gasteiger partial charge in [-0.25, -0.2) is 0 Å². The van der Waals surface area contributed by atoms with Crippen molar-refractivity contribution in [1.82, 2.24) is 10.3 Å². The Hall–Kier alpha value is -2.20. The summed E-state index contributed by atoms with van der Waals surface area (Å²) < 4.78 is 0. The van der Waals surface area contributed by atoms with Gasteiger partial charge < -0.3 is 11.1 Å². The molecule has 2 rings (SSSR count). The summed E-state index contributed by atoms with van der Waals surface area (Å²) in [4.78, 5) is 16.1. The Kier molecular flexibility index (Phi) is 4.48. The van der Waals surface area contributed by atoms with Gasteiger partial charge in [-0.1, -0.05) is 29.8 Å². The molecule has 0 aliphatic heterocycles. The van der Waals surface area contributed by atoms with Gasteiger partial charge in [0.05, 0.1) is 0 Å². The lowest BCUT2D eigenvalue weighted by Gasteiger charge is -2.08. The molecule has 0 radical (unpaired) electrons. The van der Waals surface area contributed by atoms with Gasteiger partial charge in [0.15, 0.2) is 0 Å². The van der Waals surface area contributed by atoms with Gasteiger partial charge in [0.25, 0.3) is 5.91 Å². The van der Waals surface area contributed by atoms with E-state index in [-0.39, 0.29) is 5.91 Å². The van der Waals surface area contributed by atoms with Crippen molar-refractivity contribution in [2.45, 2.75) is 26.9 Å². The molecule has 0 fully saturated rings. The van der Waals surface area contributed by atoms with E-state index in [4.69, 9.17) is 5.73 Å². The van der Waals surface area contributed by atoms with Crippen LogP contribution >= 0.6 is 0 Å². The monoisotopic (exact) mass is 269 g/mol. The number of carbonyl (C=O) groups excluding carboxylic acids is 1. The summed E-state index contributed by atoms with van der Waals surface area (Å²) in [6.45, 7) is 5.03. The third-order valence-electron chi connectivity index (χ3n) is 3.23. The average Bonchev–Trinajstić information content (AvgIpc) is 2.46. The second kappa shape index (κ2) is 6.30. The Balaban J connectivity index is 2.00. The molecule has 1 aromatic carbocycles. The van der Waals surface area contributed by atoms with E-state index in [0.29, 0.717) is 18.8 Å². The molecule has 3 N–H and O–H groups in total. The molecule has 0 aliphatic rings. The fraction of sp³-hybridized carbons (Fsp3) is 0.250. The fourth-order valence-corrected chi connectivity index (χ4v) is 1.99. The lowest BCUT2D eigenvalue weighted by molar-refractivity contribution is 0.0946. The molecular formula is C16H19N3O. The van der Waals surface area contributed by atoms with Gasteiger partial charge in [-0.3, -0.25) is 9.78 Å². The predicted octanol–water partition coefficient (Wildman–Crippen LogP) is 2.09. The van der Waals surface area contributed by atoms with Crippen LogP contribution < -0.4 is 11.1 Å². The zero-order valence-electron chi connectivity index (χ0n) is 11.8. The van der Waals surface area contributed by atoms with Crippen molar-refractivity contribution in [2.75, 3.05) is 0 Å². The summed E-state index contributed by atoms with van der Waals surface area (Å²) in [6.07, 6.45) is 1.63. The van der Waals surface area contributed by atoms with Crippen molar-refractivity contribution < 1.29 is 4.79 Å². The third-order valence-corrected chi connectivity index (χ3v) is 3.23. The molecule has 4 nitrogen and oxygen atoms in total. The smallest absolute Gasteiger partial charge is 0.270 e. The maximum Gasteiger partial charge on any atom is 0.270 e. The number of hydrogen-bond donors (Lipinski definition) is 2. The number of rotatable bonds is 4. The maximum absolute atomic E-state index is 12.0. The van der Waals surface area contributed by atoms with E-state index in [1.165, 1.54) is 11.1 Å². The molecule has 20 heavy (non-hydrogen) atoms. The minimum Gasteiger partial charge on any atom is -0.347 e. The number of amides is 1. The Labute approximate surface area is 119 Å². The van der Waals surface area contributed by atoms with Crippen molar-refractivity contribution in [3.05, 3.63) is 64.5 Å². The van der Waals surface area contributed by atoms with Gasteiger partial charge >= 0.3 is 0 Å². The van der Waals surface area contributed by atoms with E-state index in [2.05, 4.69) is 23.3 Å². The topological polar surface area (TPSA) is 68.0 Å². The van der Waals surface area contributed by atoms with Gasteiger partial charge in [-0.2, -0.15) is 0 Å². The second-order valence-corrected chi connectivity index (χ2v) is 4.87. The lowest BCUT2D eigenvalue weighted by atomic mass is 10.1. The number of nitrogens with two attached hydrogens (primary N) is 1. The first-order valence-electron chi connectivity index (χ1n) is 6.59. The Morgan fingerprint density at radius 2 is 2.05 bits per heavy atom. The van der Waals surface area contributed by atoms with Crippen LogP contribution in [-0.4, -0.2) is 10.9 Å². The van der Waals surface area contributed by atoms with Crippen molar-refractivity contribution in [3.8, 4) is 0 Å². The molecule has 104 valence electrons. The van der Waals surface area contributed by atoms with Crippen molar-refractivity contribution >= 4 is 5.91 Å². The first-order chi connectivity index (χ1) is 9.60. The Bertz CT molecular complexity index is 606. The van der Waals surface area contributed by atoms with Gasteiger partial charge in [0.2, 0.25) is 0 Å². The van der Waals surface area contributed by atoms with E-state index in [9.17, 15) is 4.79 Å². The van der Waals surface area contributed by atoms with E-state index in [1.54, 1.807) is 12.3 Å². The predicted molar refractivity (Wildman–Crippen MR) is 79.2 cm³/mol. The molecule has 0 unspecified atom stereocenters. The zero-order valence-corrected chi connectivity index (χ0v) is 11.8. The van der Waals surface area contributed by atoms with Gasteiger partial charge in [0, 0.05) is 19.3 Å². The van der Waals surface area contributed by atoms with E-state index >= 15 is 0 Å². The van der Waals surface area contributed by atoms with Crippen molar-refractivity contribution in [2.24, 2.45) is 5.73 Å². The molecule has 0 saturated carbocycles. The normalized spacial score (nSPS) is 10.3. The van der Waals surface area contributed by atoms with E-state index in [0.717, 1.165) is 11.1 Å². The highest BCUT2D eigenvalue weighted by Gasteiger charge is 2.07. The SMILES string of the molecule is Cc1ccc(CNC(=O)c2ccc(CN)cn2)c(C)c1. The van der Waals surface area contributed by atoms with E-state index in [1.807, 2.05) is 25.1 Å². The summed E-state index contributed by atoms with van der Waals surface area (Å²) in [6, 6.07) is 9.70. The van der Waals surface area contributed by atoms with Crippen LogP contribution in [0.15, 0.2) is 36.5 Å². The number of hydrogen-bond acceptors (Lipinski definition) is 3. The van der Waals surface area contributed by atoms with Gasteiger partial charge in [-0.15, -0.1) is 0 Å². The van der Waals surface area contributed by atoms with Crippen LogP contribution in [0.4, 0.5) is 0 Å². The standard InChI is InChI=1S/C16H19N3O/c1-11-3-5-14(12(2)7-11)10-19-16(20)15-6-4-13(8-17)9-18-15/h3-7,9H,8,10,17H2,1-2H3,(H,19,20). The Morgan fingerprint density at radius 3 is 2.65 bits per heavy atom. The number of aryl methyl sites for hydroxylation is 2. The highest BCUT2D eigenvalue weighted by atomic mass is 16.1. The molecular weight excluding hydrogens is 250 g/mol. The van der Waals surface area contributed by atoms with Crippen LogP contribution in [0.25, 0.3) is 0 Å². The lowest BCUT2D eigenvalue weighted by Crippen LogP contribution is -2.24. The maximum atomic E-state index is 12.0. The van der Waals surface area contributed by atoms with Crippen molar-refractivity contribution in [1.29, 1.82) is 0 Å². The van der Waals surface area contributed by atoms with Gasteiger partial charge in [-0.05, 0) is 36.6 Å². The minimum absolute atomic E-state index is 0.173. The molecule has 1 heterocycles. The molecule has 0 saturated heterocycles. The fourth-order valence-electron chi connectivity index (χ4n) is 1.99. The summed E-state index contributed by atoms with van der Waals surface area (Å²) in [7, 11) is 0. The molecule has 0 bridgehead atoms. The summed E-state index contributed by atoms with van der Waals surface area (Å²) in [5, 5.41) is 2.88. The number of nitrogens with zero attached hydrogens (tertiary/aromatic N) is 1. The molecule has 0 aliphatic carbocycles. The quantitative estimate of drug-likeness (QED) is 0.893. The van der Waals surface area contributed by atoms with Crippen LogP contribution in [0.2, 0.25) is 0 Å². The van der Waals surface area contributed by atoms with Crippen LogP contribution in [-0.2, 0) is 13.1 Å². The molecule has 2 aromatic rings. The summed E-state index contributed by atoms with van der Waals surface area (Å²) >= 11 is 0. The number of benzene rings is 1. The first kappa shape index (κ1) is 14.2. The van der Waals surface area contributed by atoms with Crippen LogP contribution in [0.1, 0.15) is 32.7 Å².